The van der Waals surface area contributed by atoms with E-state index < -0.39 is 0 Å². The van der Waals surface area contributed by atoms with Gasteiger partial charge in [-0.2, -0.15) is 0 Å². The summed E-state index contributed by atoms with van der Waals surface area (Å²) in [7, 11) is 3.46. The third kappa shape index (κ3) is 2.76. The highest BCUT2D eigenvalue weighted by Crippen LogP contribution is 2.05. The van der Waals surface area contributed by atoms with Gasteiger partial charge in [0, 0.05) is 6.92 Å². The molecular weight excluding hydrogens is 181 g/mol. The maximum Gasteiger partial charge on any atom is 0.303 e. The Hall–Kier alpha value is -1.52. The zero-order valence-electron chi connectivity index (χ0n) is 8.53. The molecule has 0 spiro atoms. The van der Waals surface area contributed by atoms with E-state index in [-0.39, 0.29) is 12.6 Å². The van der Waals surface area contributed by atoms with Crippen LogP contribution in [0.5, 0.6) is 5.88 Å². The van der Waals surface area contributed by atoms with Crippen LogP contribution in [-0.4, -0.2) is 25.9 Å². The van der Waals surface area contributed by atoms with Crippen molar-refractivity contribution in [1.82, 2.24) is 4.98 Å². The summed E-state index contributed by atoms with van der Waals surface area (Å²) < 4.78 is 9.82. The van der Waals surface area contributed by atoms with Crippen LogP contribution in [0.15, 0.2) is 12.1 Å². The molecule has 0 N–H and O–H groups in total. The molecule has 0 amide bonds. The average Bonchev–Trinajstić information content (AvgIpc) is 2.16. The van der Waals surface area contributed by atoms with Gasteiger partial charge in [0.05, 0.1) is 12.8 Å². The van der Waals surface area contributed by atoms with Gasteiger partial charge in [-0.3, -0.25) is 4.79 Å². The summed E-state index contributed by atoms with van der Waals surface area (Å²) in [6.07, 6.45) is 0. The molecule has 0 saturated carbocycles. The van der Waals surface area contributed by atoms with Crippen LogP contribution in [0.1, 0.15) is 12.6 Å². The van der Waals surface area contributed by atoms with Crippen LogP contribution in [0.2, 0.25) is 0 Å². The number of ether oxygens (including phenoxy) is 2. The number of hydrogen-bond acceptors (Lipinski definition) is 4. The van der Waals surface area contributed by atoms with E-state index in [4.69, 9.17) is 9.47 Å². The first kappa shape index (κ1) is 10.6. The predicted octanol–water partition coefficient (Wildman–Crippen LogP) is -0.588. The summed E-state index contributed by atoms with van der Waals surface area (Å²) >= 11 is 0. The highest BCUT2D eigenvalue weighted by Gasteiger charge is 2.03. The molecule has 0 fully saturated rings. The molecule has 0 radical (unpaired) electrons. The van der Waals surface area contributed by atoms with Crippen molar-refractivity contribution in [2.75, 3.05) is 7.11 Å². The quantitative estimate of drug-likeness (QED) is 0.475. The van der Waals surface area contributed by atoms with Crippen molar-refractivity contribution in [1.29, 1.82) is 0 Å². The third-order valence-corrected chi connectivity index (χ3v) is 1.80. The summed E-state index contributed by atoms with van der Waals surface area (Å²) in [6, 6.07) is 3.65. The van der Waals surface area contributed by atoms with Crippen molar-refractivity contribution in [3.05, 3.63) is 17.8 Å². The van der Waals surface area contributed by atoms with E-state index in [2.05, 4.69) is 4.98 Å². The van der Waals surface area contributed by atoms with Gasteiger partial charge in [-0.15, -0.1) is 0 Å². The first-order valence-corrected chi connectivity index (χ1v) is 4.27. The molecule has 4 nitrogen and oxygen atoms in total. The molecule has 1 aromatic rings. The van der Waals surface area contributed by atoms with E-state index in [1.54, 1.807) is 13.2 Å². The molecule has 0 bridgehead atoms. The fourth-order valence-electron chi connectivity index (χ4n) is 0.981. The van der Waals surface area contributed by atoms with Gasteiger partial charge in [-0.05, 0) is 6.07 Å². The number of carbonyl (C=O) groups is 1. The third-order valence-electron chi connectivity index (χ3n) is 1.80. The van der Waals surface area contributed by atoms with Crippen LogP contribution < -0.4 is 10.2 Å². The lowest BCUT2D eigenvalue weighted by atomic mass is 9.94. The second-order valence-electron chi connectivity index (χ2n) is 2.90. The molecule has 5 heteroatoms. The van der Waals surface area contributed by atoms with Crippen LogP contribution in [0, 0.1) is 0 Å². The normalized spacial score (nSPS) is 9.57. The first-order valence-electron chi connectivity index (χ1n) is 4.27. The van der Waals surface area contributed by atoms with Crippen LogP contribution >= 0.6 is 0 Å². The second-order valence-corrected chi connectivity index (χ2v) is 2.90. The Morgan fingerprint density at radius 1 is 1.57 bits per heavy atom. The molecule has 74 valence electrons. The number of pyridine rings is 1. The Balaban J connectivity index is 2.78. The van der Waals surface area contributed by atoms with Gasteiger partial charge in [0.1, 0.15) is 14.5 Å². The number of esters is 1. The lowest BCUT2D eigenvalue weighted by Gasteiger charge is -2.06. The van der Waals surface area contributed by atoms with Gasteiger partial charge in [0.25, 0.3) is 0 Å². The van der Waals surface area contributed by atoms with E-state index in [1.165, 1.54) is 6.92 Å². The Morgan fingerprint density at radius 2 is 2.29 bits per heavy atom. The number of hydrogen-bond donors (Lipinski definition) is 0. The molecule has 0 unspecified atom stereocenters. The smallest absolute Gasteiger partial charge is 0.303 e. The second kappa shape index (κ2) is 4.65. The monoisotopic (exact) mass is 193 g/mol. The minimum absolute atomic E-state index is 0.193. The van der Waals surface area contributed by atoms with Gasteiger partial charge in [0.2, 0.25) is 5.88 Å². The summed E-state index contributed by atoms with van der Waals surface area (Å²) in [5.41, 5.74) is 1.70. The standard InChI is InChI=1S/C9H12BNO3/c1-6(12)14-5-8-7(10)3-4-9(11-8)13-2/h3-4H,5,10H2,1-2H3. The summed E-state index contributed by atoms with van der Waals surface area (Å²) in [4.78, 5) is 14.8. The van der Waals surface area contributed by atoms with E-state index in [1.807, 2.05) is 13.9 Å². The molecule has 1 rings (SSSR count). The van der Waals surface area contributed by atoms with Crippen molar-refractivity contribution in [2.45, 2.75) is 13.5 Å². The Morgan fingerprint density at radius 3 is 2.86 bits per heavy atom. The van der Waals surface area contributed by atoms with Crippen molar-refractivity contribution in [2.24, 2.45) is 0 Å². The average molecular weight is 193 g/mol. The van der Waals surface area contributed by atoms with Crippen LogP contribution in [-0.2, 0) is 16.1 Å². The fourth-order valence-corrected chi connectivity index (χ4v) is 0.981. The summed E-state index contributed by atoms with van der Waals surface area (Å²) in [6.45, 7) is 1.56. The minimum Gasteiger partial charge on any atom is -0.481 e. The molecule has 14 heavy (non-hydrogen) atoms. The van der Waals surface area contributed by atoms with Gasteiger partial charge in [-0.1, -0.05) is 11.5 Å². The lowest BCUT2D eigenvalue weighted by molar-refractivity contribution is -0.142. The zero-order valence-corrected chi connectivity index (χ0v) is 8.53. The Kier molecular flexibility index (Phi) is 3.51. The van der Waals surface area contributed by atoms with Crippen molar-refractivity contribution < 1.29 is 14.3 Å². The molecule has 0 aliphatic rings. The largest absolute Gasteiger partial charge is 0.481 e. The molecule has 0 atom stereocenters. The zero-order chi connectivity index (χ0) is 10.6. The van der Waals surface area contributed by atoms with Crippen LogP contribution in [0.25, 0.3) is 0 Å². The topological polar surface area (TPSA) is 48.4 Å². The molecule has 0 saturated heterocycles. The van der Waals surface area contributed by atoms with Crippen molar-refractivity contribution in [3.63, 3.8) is 0 Å². The highest BCUT2D eigenvalue weighted by molar-refractivity contribution is 6.33. The maximum absolute atomic E-state index is 10.6. The number of methoxy groups -OCH3 is 1. The van der Waals surface area contributed by atoms with Crippen molar-refractivity contribution >= 4 is 19.3 Å². The van der Waals surface area contributed by atoms with Crippen LogP contribution in [0.3, 0.4) is 0 Å². The fraction of sp³-hybridized carbons (Fsp3) is 0.333. The molecular formula is C9H12BNO3. The molecule has 0 aromatic carbocycles. The molecule has 1 aromatic heterocycles. The number of rotatable bonds is 3. The van der Waals surface area contributed by atoms with Gasteiger partial charge in [0.15, 0.2) is 0 Å². The predicted molar refractivity (Wildman–Crippen MR) is 54.4 cm³/mol. The number of carbonyl (C=O) groups excluding carboxylic acids is 1. The molecule has 0 aliphatic heterocycles. The highest BCUT2D eigenvalue weighted by atomic mass is 16.5. The van der Waals surface area contributed by atoms with Crippen molar-refractivity contribution in [3.8, 4) is 5.88 Å². The van der Waals surface area contributed by atoms with E-state index in [9.17, 15) is 4.79 Å². The van der Waals surface area contributed by atoms with E-state index in [0.717, 1.165) is 11.2 Å². The summed E-state index contributed by atoms with van der Waals surface area (Å²) in [5.74, 6) is 0.215. The Labute approximate surface area is 83.7 Å². The summed E-state index contributed by atoms with van der Waals surface area (Å²) in [5, 5.41) is 0. The lowest BCUT2D eigenvalue weighted by Crippen LogP contribution is -2.15. The number of nitrogens with zero attached hydrogens (tertiary/aromatic N) is 1. The molecule has 0 aliphatic carbocycles. The molecule has 1 heterocycles. The van der Waals surface area contributed by atoms with Gasteiger partial charge in [-0.25, -0.2) is 4.98 Å². The van der Waals surface area contributed by atoms with Crippen LogP contribution in [0.4, 0.5) is 0 Å². The minimum atomic E-state index is -0.311. The van der Waals surface area contributed by atoms with E-state index in [0.29, 0.717) is 5.88 Å². The SMILES string of the molecule is Bc1ccc(OC)nc1COC(C)=O. The first-order chi connectivity index (χ1) is 6.63. The van der Waals surface area contributed by atoms with E-state index >= 15 is 0 Å². The maximum atomic E-state index is 10.6. The van der Waals surface area contributed by atoms with Gasteiger partial charge >= 0.3 is 5.97 Å². The van der Waals surface area contributed by atoms with Gasteiger partial charge < -0.3 is 9.47 Å². The number of aromatic nitrogens is 1. The Bertz CT molecular complexity index is 341.